The number of nitrogen functional groups attached to an aromatic ring is 1. The van der Waals surface area contributed by atoms with E-state index in [9.17, 15) is 8.78 Å². The molecule has 3 saturated heterocycles. The van der Waals surface area contributed by atoms with Gasteiger partial charge in [0.1, 0.15) is 35.1 Å². The highest BCUT2D eigenvalue weighted by molar-refractivity contribution is 6.05. The summed E-state index contributed by atoms with van der Waals surface area (Å²) in [7, 11) is 1.34. The Kier molecular flexibility index (Phi) is 6.53. The van der Waals surface area contributed by atoms with Gasteiger partial charge in [-0.2, -0.15) is 9.97 Å². The van der Waals surface area contributed by atoms with Crippen molar-refractivity contribution in [3.05, 3.63) is 41.2 Å². The van der Waals surface area contributed by atoms with Gasteiger partial charge >= 0.3 is 6.01 Å². The molecule has 13 heteroatoms. The van der Waals surface area contributed by atoms with Crippen molar-refractivity contribution in [3.63, 3.8) is 0 Å². The molecule has 4 fully saturated rings. The number of halogens is 4. The molecule has 1 saturated carbocycles. The summed E-state index contributed by atoms with van der Waals surface area (Å²) in [5.41, 5.74) is 3.82. The fourth-order valence-corrected chi connectivity index (χ4v) is 7.48. The van der Waals surface area contributed by atoms with E-state index in [4.69, 9.17) is 29.1 Å². The van der Waals surface area contributed by atoms with Gasteiger partial charge in [0.05, 0.1) is 33.1 Å². The molecule has 9 nitrogen and oxygen atoms in total. The Bertz CT molecular complexity index is 2080. The van der Waals surface area contributed by atoms with Gasteiger partial charge in [0, 0.05) is 42.8 Å². The lowest BCUT2D eigenvalue weighted by atomic mass is 9.95. The van der Waals surface area contributed by atoms with E-state index >= 15 is 8.78 Å². The zero-order chi connectivity index (χ0) is 34.4. The molecular formula is C34H32F4N6O3. The SMILES string of the molecule is [2H]C([2H])(Oc1nc(N2CCCO[C@@H]3C[C@@H]32)c2c(OC)nc(-c3cc(N)cc4cc(F)c(F)c(C#C)c34)c(F)c2n1)[C@@]12CCCN1C[C@H](F)C2. The van der Waals surface area contributed by atoms with E-state index in [1.54, 1.807) is 4.90 Å². The van der Waals surface area contributed by atoms with Crippen LogP contribution >= 0.6 is 0 Å². The van der Waals surface area contributed by atoms with Crippen molar-refractivity contribution in [1.29, 1.82) is 0 Å². The van der Waals surface area contributed by atoms with Gasteiger partial charge < -0.3 is 24.8 Å². The maximum atomic E-state index is 17.1. The predicted molar refractivity (Wildman–Crippen MR) is 168 cm³/mol. The molecule has 4 aliphatic rings. The number of methoxy groups -OCH3 is 1. The minimum atomic E-state index is -2.46. The molecule has 0 unspecified atom stereocenters. The molecule has 5 heterocycles. The smallest absolute Gasteiger partial charge is 0.319 e. The summed E-state index contributed by atoms with van der Waals surface area (Å²) in [4.78, 5) is 17.3. The normalized spacial score (nSPS) is 26.4. The zero-order valence-corrected chi connectivity index (χ0v) is 25.5. The van der Waals surface area contributed by atoms with Gasteiger partial charge in [0.15, 0.2) is 17.5 Å². The number of hydrogen-bond acceptors (Lipinski definition) is 9. The molecule has 2 N–H and O–H groups in total. The molecule has 3 aliphatic heterocycles. The molecule has 4 aromatic rings. The predicted octanol–water partition coefficient (Wildman–Crippen LogP) is 5.16. The number of anilines is 2. The second-order valence-corrected chi connectivity index (χ2v) is 12.5. The largest absolute Gasteiger partial charge is 0.480 e. The van der Waals surface area contributed by atoms with Crippen molar-refractivity contribution < 1.29 is 34.5 Å². The third-order valence-corrected chi connectivity index (χ3v) is 9.64. The number of nitrogens with two attached hydrogens (primary N) is 1. The van der Waals surface area contributed by atoms with E-state index < -0.39 is 47.3 Å². The molecule has 4 atom stereocenters. The monoisotopic (exact) mass is 650 g/mol. The van der Waals surface area contributed by atoms with Crippen molar-refractivity contribution in [1.82, 2.24) is 19.9 Å². The topological polar surface area (TPSA) is 98.9 Å². The molecule has 244 valence electrons. The Balaban J connectivity index is 1.37. The third-order valence-electron chi connectivity index (χ3n) is 9.64. The number of rotatable bonds is 6. The molecule has 2 aromatic heterocycles. The number of alkyl halides is 1. The molecule has 47 heavy (non-hydrogen) atoms. The Morgan fingerprint density at radius 2 is 2.00 bits per heavy atom. The standard InChI is InChI=1S/C34H32F4N6O3/c1-3-20-25-17(11-22(36)27(20)37)10-19(39)12-21(25)29-28(38)30-26(32(40-29)45-2)31(44-8-5-9-46-24-13-23(24)44)42-33(41-30)47-16-34-6-4-7-43(34)15-18(35)14-34/h1,10-12,18,23-24H,4-9,13-16,39H2,2H3/t18-,23+,24-,34+/m1/s1/i16D2. The van der Waals surface area contributed by atoms with Crippen LogP contribution < -0.4 is 20.1 Å². The van der Waals surface area contributed by atoms with Crippen LogP contribution in [0.5, 0.6) is 11.9 Å². The summed E-state index contributed by atoms with van der Waals surface area (Å²) in [5.74, 6) is -1.21. The van der Waals surface area contributed by atoms with Crippen LogP contribution in [-0.2, 0) is 4.74 Å². The Morgan fingerprint density at radius 3 is 2.81 bits per heavy atom. The minimum absolute atomic E-state index is 0.00147. The van der Waals surface area contributed by atoms with Gasteiger partial charge in [-0.1, -0.05) is 5.92 Å². The highest BCUT2D eigenvalue weighted by Crippen LogP contribution is 2.45. The van der Waals surface area contributed by atoms with E-state index in [0.29, 0.717) is 45.4 Å². The van der Waals surface area contributed by atoms with Crippen LogP contribution in [-0.4, -0.2) is 83.6 Å². The number of ether oxygens (including phenoxy) is 3. The highest BCUT2D eigenvalue weighted by Gasteiger charge is 2.50. The molecule has 0 spiro atoms. The number of hydrogen-bond donors (Lipinski definition) is 1. The summed E-state index contributed by atoms with van der Waals surface area (Å²) in [6.07, 6.45) is 6.60. The van der Waals surface area contributed by atoms with E-state index in [1.807, 2.05) is 4.90 Å². The zero-order valence-electron chi connectivity index (χ0n) is 27.5. The lowest BCUT2D eigenvalue weighted by Gasteiger charge is -2.31. The lowest BCUT2D eigenvalue weighted by Crippen LogP contribution is -2.43. The summed E-state index contributed by atoms with van der Waals surface area (Å²) in [6, 6.07) is 3.08. The third kappa shape index (κ3) is 4.80. The minimum Gasteiger partial charge on any atom is -0.480 e. The van der Waals surface area contributed by atoms with E-state index in [-0.39, 0.29) is 75.4 Å². The van der Waals surface area contributed by atoms with Crippen molar-refractivity contribution in [3.8, 4) is 35.5 Å². The molecule has 2 aromatic carbocycles. The van der Waals surface area contributed by atoms with Gasteiger partial charge in [-0.3, -0.25) is 4.90 Å². The van der Waals surface area contributed by atoms with Crippen molar-refractivity contribution in [2.45, 2.75) is 56.0 Å². The van der Waals surface area contributed by atoms with Crippen molar-refractivity contribution in [2.75, 3.05) is 50.5 Å². The van der Waals surface area contributed by atoms with Crippen LogP contribution in [0.25, 0.3) is 32.9 Å². The lowest BCUT2D eigenvalue weighted by molar-refractivity contribution is 0.107. The van der Waals surface area contributed by atoms with Gasteiger partial charge in [0.2, 0.25) is 5.88 Å². The molecule has 0 radical (unpaired) electrons. The molecular weight excluding hydrogens is 616 g/mol. The summed E-state index contributed by atoms with van der Waals surface area (Å²) < 4.78 is 97.1. The number of nitrogens with zero attached hydrogens (tertiary/aromatic N) is 5. The number of aromatic nitrogens is 3. The van der Waals surface area contributed by atoms with Crippen LogP contribution in [0.1, 0.15) is 40.4 Å². The van der Waals surface area contributed by atoms with E-state index in [2.05, 4.69) is 20.9 Å². The van der Waals surface area contributed by atoms with E-state index in [0.717, 1.165) is 6.07 Å². The molecule has 8 rings (SSSR count). The molecule has 0 amide bonds. The summed E-state index contributed by atoms with van der Waals surface area (Å²) >= 11 is 0. The highest BCUT2D eigenvalue weighted by atomic mass is 19.2. The Morgan fingerprint density at radius 1 is 1.15 bits per heavy atom. The van der Waals surface area contributed by atoms with Gasteiger partial charge in [-0.15, -0.1) is 6.42 Å². The first-order valence-electron chi connectivity index (χ1n) is 16.6. The Labute approximate surface area is 270 Å². The second-order valence-electron chi connectivity index (χ2n) is 12.5. The van der Waals surface area contributed by atoms with Crippen LogP contribution in [0.3, 0.4) is 0 Å². The first-order chi connectivity index (χ1) is 23.5. The summed E-state index contributed by atoms with van der Waals surface area (Å²) in [6.45, 7) is -0.862. The summed E-state index contributed by atoms with van der Waals surface area (Å²) in [5, 5.41) is 0.214. The molecule has 1 aliphatic carbocycles. The first kappa shape index (κ1) is 27.7. The van der Waals surface area contributed by atoms with Crippen LogP contribution in [0, 0.1) is 29.8 Å². The number of pyridine rings is 1. The quantitative estimate of drug-likeness (QED) is 0.173. The maximum Gasteiger partial charge on any atom is 0.319 e. The fraction of sp³-hybridized carbons (Fsp3) is 0.441. The van der Waals surface area contributed by atoms with Crippen molar-refractivity contribution in [2.24, 2.45) is 0 Å². The molecule has 0 bridgehead atoms. The van der Waals surface area contributed by atoms with Crippen LogP contribution in [0.2, 0.25) is 0 Å². The Hall–Kier alpha value is -4.41. The van der Waals surface area contributed by atoms with Crippen LogP contribution in [0.15, 0.2) is 18.2 Å². The number of terminal acetylenes is 1. The number of fused-ring (bicyclic) bond motifs is 4. The van der Waals surface area contributed by atoms with Crippen molar-refractivity contribution >= 4 is 33.2 Å². The van der Waals surface area contributed by atoms with Crippen LogP contribution in [0.4, 0.5) is 29.1 Å². The second kappa shape index (κ2) is 11.1. The first-order valence-corrected chi connectivity index (χ1v) is 15.6. The van der Waals surface area contributed by atoms with E-state index in [1.165, 1.54) is 19.2 Å². The average molecular weight is 651 g/mol. The average Bonchev–Trinajstić information content (AvgIpc) is 3.64. The van der Waals surface area contributed by atoms with Gasteiger partial charge in [-0.05, 0) is 55.8 Å². The number of benzene rings is 2. The fourth-order valence-electron chi connectivity index (χ4n) is 7.48. The van der Waals surface area contributed by atoms with Gasteiger partial charge in [-0.25, -0.2) is 22.5 Å². The maximum absolute atomic E-state index is 17.1. The van der Waals surface area contributed by atoms with Gasteiger partial charge in [0.25, 0.3) is 0 Å².